The zero-order valence-corrected chi connectivity index (χ0v) is 16.6. The molecule has 5 nitrogen and oxygen atoms in total. The summed E-state index contributed by atoms with van der Waals surface area (Å²) >= 11 is 6.35. The van der Waals surface area contributed by atoms with E-state index in [1.54, 1.807) is 0 Å². The summed E-state index contributed by atoms with van der Waals surface area (Å²) in [6.45, 7) is 9.45. The number of pyridine rings is 1. The van der Waals surface area contributed by atoms with Gasteiger partial charge in [-0.3, -0.25) is 0 Å². The van der Waals surface area contributed by atoms with Gasteiger partial charge in [0, 0.05) is 24.0 Å². The first kappa shape index (κ1) is 18.8. The van der Waals surface area contributed by atoms with Crippen LogP contribution in [-0.4, -0.2) is 29.8 Å². The number of aromatic nitrogens is 1. The topological polar surface area (TPSA) is 54.5 Å². The van der Waals surface area contributed by atoms with Crippen molar-refractivity contribution >= 4 is 34.4 Å². The second-order valence-electron chi connectivity index (χ2n) is 7.77. The minimum Gasteiger partial charge on any atom is -0.444 e. The van der Waals surface area contributed by atoms with Crippen molar-refractivity contribution in [3.05, 3.63) is 34.9 Å². The van der Waals surface area contributed by atoms with Gasteiger partial charge in [0.05, 0.1) is 16.6 Å². The molecule has 0 radical (unpaired) electrons. The lowest BCUT2D eigenvalue weighted by molar-refractivity contribution is 0.0508. The molecule has 140 valence electrons. The third kappa shape index (κ3) is 4.21. The van der Waals surface area contributed by atoms with E-state index in [1.807, 2.05) is 45.9 Å². The van der Waals surface area contributed by atoms with Gasteiger partial charge in [-0.15, -0.1) is 0 Å². The maximum Gasteiger partial charge on any atom is 0.408 e. The molecule has 1 aliphatic rings. The first-order valence-corrected chi connectivity index (χ1v) is 9.46. The van der Waals surface area contributed by atoms with Gasteiger partial charge in [0.1, 0.15) is 11.4 Å². The van der Waals surface area contributed by atoms with E-state index < -0.39 is 11.7 Å². The van der Waals surface area contributed by atoms with Gasteiger partial charge >= 0.3 is 6.09 Å². The number of rotatable bonds is 3. The molecule has 0 unspecified atom stereocenters. The highest BCUT2D eigenvalue weighted by molar-refractivity contribution is 6.35. The van der Waals surface area contributed by atoms with E-state index in [-0.39, 0.29) is 6.04 Å². The van der Waals surface area contributed by atoms with E-state index in [4.69, 9.17) is 21.3 Å². The highest BCUT2D eigenvalue weighted by Crippen LogP contribution is 2.33. The molecule has 26 heavy (non-hydrogen) atoms. The van der Waals surface area contributed by atoms with Gasteiger partial charge in [-0.2, -0.15) is 0 Å². The highest BCUT2D eigenvalue weighted by Gasteiger charge is 2.24. The SMILES string of the molecule is C[C@H](NC(=O)OC(C)(C)C)c1cc2cccc(Cl)c2nc1N1CCCC1. The molecule has 2 aromatic rings. The average molecular weight is 376 g/mol. The Labute approximate surface area is 159 Å². The number of para-hydroxylation sites is 1. The smallest absolute Gasteiger partial charge is 0.408 e. The summed E-state index contributed by atoms with van der Waals surface area (Å²) in [6.07, 6.45) is 1.87. The van der Waals surface area contributed by atoms with Gasteiger partial charge < -0.3 is 15.0 Å². The molecule has 0 aliphatic carbocycles. The van der Waals surface area contributed by atoms with Crippen LogP contribution in [0.25, 0.3) is 10.9 Å². The molecule has 0 bridgehead atoms. The van der Waals surface area contributed by atoms with E-state index >= 15 is 0 Å². The Morgan fingerprint density at radius 2 is 2.00 bits per heavy atom. The standard InChI is InChI=1S/C20H26ClN3O2/c1-13(22-19(25)26-20(2,3)4)15-12-14-8-7-9-16(21)17(14)23-18(15)24-10-5-6-11-24/h7-9,12-13H,5-6,10-11H2,1-4H3,(H,22,25)/t13-/m0/s1. The summed E-state index contributed by atoms with van der Waals surface area (Å²) < 4.78 is 5.40. The summed E-state index contributed by atoms with van der Waals surface area (Å²) in [4.78, 5) is 19.3. The monoisotopic (exact) mass is 375 g/mol. The maximum atomic E-state index is 12.2. The number of carbonyl (C=O) groups is 1. The molecule has 1 aliphatic heterocycles. The van der Waals surface area contributed by atoms with E-state index in [9.17, 15) is 4.79 Å². The Bertz CT molecular complexity index is 811. The van der Waals surface area contributed by atoms with Gasteiger partial charge in [-0.25, -0.2) is 9.78 Å². The molecule has 1 N–H and O–H groups in total. The van der Waals surface area contributed by atoms with Crippen molar-refractivity contribution in [2.75, 3.05) is 18.0 Å². The molecule has 1 amide bonds. The third-order valence-corrected chi connectivity index (χ3v) is 4.72. The fourth-order valence-electron chi connectivity index (χ4n) is 3.23. The van der Waals surface area contributed by atoms with Gasteiger partial charge in [-0.1, -0.05) is 23.7 Å². The van der Waals surface area contributed by atoms with E-state index in [2.05, 4.69) is 16.3 Å². The molecule has 6 heteroatoms. The highest BCUT2D eigenvalue weighted by atomic mass is 35.5. The number of ether oxygens (including phenoxy) is 1. The summed E-state index contributed by atoms with van der Waals surface area (Å²) in [6, 6.07) is 7.61. The molecule has 1 fully saturated rings. The number of benzene rings is 1. The third-order valence-electron chi connectivity index (χ3n) is 4.41. The summed E-state index contributed by atoms with van der Waals surface area (Å²) in [5.41, 5.74) is 1.24. The van der Waals surface area contributed by atoms with E-state index in [0.29, 0.717) is 5.02 Å². The van der Waals surface area contributed by atoms with Crippen LogP contribution in [0.1, 0.15) is 52.1 Å². The largest absolute Gasteiger partial charge is 0.444 e. The van der Waals surface area contributed by atoms with E-state index in [1.165, 1.54) is 0 Å². The van der Waals surface area contributed by atoms with Crippen LogP contribution >= 0.6 is 11.6 Å². The van der Waals surface area contributed by atoms with Gasteiger partial charge in [0.2, 0.25) is 0 Å². The normalized spacial score (nSPS) is 16.0. The molecular formula is C20H26ClN3O2. The van der Waals surface area contributed by atoms with Crippen LogP contribution in [-0.2, 0) is 4.74 Å². The lowest BCUT2D eigenvalue weighted by atomic mass is 10.1. The Morgan fingerprint density at radius 1 is 1.31 bits per heavy atom. The Kier molecular flexibility index (Phi) is 5.28. The van der Waals surface area contributed by atoms with Crippen LogP contribution in [0.2, 0.25) is 5.02 Å². The van der Waals surface area contributed by atoms with Crippen molar-refractivity contribution in [2.45, 2.75) is 52.2 Å². The number of hydrogen-bond donors (Lipinski definition) is 1. The van der Waals surface area contributed by atoms with Crippen molar-refractivity contribution in [3.8, 4) is 0 Å². The quantitative estimate of drug-likeness (QED) is 0.813. The zero-order valence-electron chi connectivity index (χ0n) is 15.8. The zero-order chi connectivity index (χ0) is 18.9. The Morgan fingerprint density at radius 3 is 2.65 bits per heavy atom. The number of halogens is 1. The fraction of sp³-hybridized carbons (Fsp3) is 0.500. The van der Waals surface area contributed by atoms with Gasteiger partial charge in [0.25, 0.3) is 0 Å². The lowest BCUT2D eigenvalue weighted by Crippen LogP contribution is -2.34. The number of carbonyl (C=O) groups excluding carboxylic acids is 1. The van der Waals surface area contributed by atoms with E-state index in [0.717, 1.165) is 48.2 Å². The molecule has 1 atom stereocenters. The predicted octanol–water partition coefficient (Wildman–Crippen LogP) is 5.07. The van der Waals surface area contributed by atoms with Crippen LogP contribution in [0, 0.1) is 0 Å². The van der Waals surface area contributed by atoms with Crippen LogP contribution in [0.15, 0.2) is 24.3 Å². The van der Waals surface area contributed by atoms with Crippen LogP contribution in [0.4, 0.5) is 10.6 Å². The Hall–Kier alpha value is -2.01. The number of fused-ring (bicyclic) bond motifs is 1. The minimum absolute atomic E-state index is 0.226. The number of nitrogens with zero attached hydrogens (tertiary/aromatic N) is 2. The Balaban J connectivity index is 1.97. The van der Waals surface area contributed by atoms with Crippen LogP contribution in [0.3, 0.4) is 0 Å². The van der Waals surface area contributed by atoms with Gasteiger partial charge in [0.15, 0.2) is 0 Å². The fourth-order valence-corrected chi connectivity index (χ4v) is 3.46. The molecule has 3 rings (SSSR count). The van der Waals surface area contributed by atoms with Crippen LogP contribution in [0.5, 0.6) is 0 Å². The first-order valence-electron chi connectivity index (χ1n) is 9.08. The second kappa shape index (κ2) is 7.31. The molecule has 1 aromatic heterocycles. The molecule has 0 spiro atoms. The van der Waals surface area contributed by atoms with Crippen molar-refractivity contribution in [3.63, 3.8) is 0 Å². The van der Waals surface area contributed by atoms with Gasteiger partial charge in [-0.05, 0) is 52.7 Å². The average Bonchev–Trinajstić information content (AvgIpc) is 3.06. The molecule has 1 aromatic carbocycles. The van der Waals surface area contributed by atoms with Crippen molar-refractivity contribution < 1.29 is 9.53 Å². The number of nitrogens with one attached hydrogen (secondary N) is 1. The number of alkyl carbamates (subject to hydrolysis) is 1. The molecular weight excluding hydrogens is 350 g/mol. The molecule has 0 saturated carbocycles. The lowest BCUT2D eigenvalue weighted by Gasteiger charge is -2.26. The first-order chi connectivity index (χ1) is 12.2. The second-order valence-corrected chi connectivity index (χ2v) is 8.18. The number of amides is 1. The maximum absolute atomic E-state index is 12.2. The summed E-state index contributed by atoms with van der Waals surface area (Å²) in [7, 11) is 0. The summed E-state index contributed by atoms with van der Waals surface area (Å²) in [5.74, 6) is 0.895. The molecule has 2 heterocycles. The number of hydrogen-bond acceptors (Lipinski definition) is 4. The molecule has 1 saturated heterocycles. The number of anilines is 1. The van der Waals surface area contributed by atoms with Crippen molar-refractivity contribution in [1.29, 1.82) is 0 Å². The summed E-state index contributed by atoms with van der Waals surface area (Å²) in [5, 5.41) is 4.54. The minimum atomic E-state index is -0.531. The van der Waals surface area contributed by atoms with Crippen molar-refractivity contribution in [1.82, 2.24) is 10.3 Å². The predicted molar refractivity (Wildman–Crippen MR) is 106 cm³/mol. The van der Waals surface area contributed by atoms with Crippen LogP contribution < -0.4 is 10.2 Å². The van der Waals surface area contributed by atoms with Crippen molar-refractivity contribution in [2.24, 2.45) is 0 Å².